The van der Waals surface area contributed by atoms with Crippen LogP contribution in [0.3, 0.4) is 0 Å². The number of rotatable bonds is 11. The van der Waals surface area contributed by atoms with E-state index in [1.54, 1.807) is 6.08 Å². The number of amides is 1. The summed E-state index contributed by atoms with van der Waals surface area (Å²) in [6.07, 6.45) is 6.43. The lowest BCUT2D eigenvalue weighted by Gasteiger charge is -2.10. The number of hydrogen-bond acceptors (Lipinski definition) is 3. The number of ether oxygens (including phenoxy) is 1. The van der Waals surface area contributed by atoms with Crippen molar-refractivity contribution >= 4 is 11.6 Å². The summed E-state index contributed by atoms with van der Waals surface area (Å²) in [7, 11) is 0. The van der Waals surface area contributed by atoms with Gasteiger partial charge in [-0.25, -0.2) is 0 Å². The molecule has 0 saturated carbocycles. The molecule has 0 saturated heterocycles. The largest absolute Gasteiger partial charge is 0.494 e. The van der Waals surface area contributed by atoms with Crippen molar-refractivity contribution < 1.29 is 9.53 Å². The molecular formula is C17H26N2O2. The highest BCUT2D eigenvalue weighted by molar-refractivity contribution is 5.80. The van der Waals surface area contributed by atoms with Gasteiger partial charge >= 0.3 is 0 Å². The van der Waals surface area contributed by atoms with Crippen LogP contribution >= 0.6 is 0 Å². The lowest BCUT2D eigenvalue weighted by molar-refractivity contribution is -0.119. The highest BCUT2D eigenvalue weighted by Gasteiger charge is 2.01. The number of nitrogens with one attached hydrogen (secondary N) is 2. The van der Waals surface area contributed by atoms with Crippen molar-refractivity contribution in [3.8, 4) is 5.75 Å². The predicted octanol–water partition coefficient (Wildman–Crippen LogP) is 3.36. The minimum absolute atomic E-state index is 0.0548. The molecule has 1 aromatic carbocycles. The summed E-state index contributed by atoms with van der Waals surface area (Å²) in [6, 6.07) is 7.69. The fraction of sp³-hybridized carbons (Fsp3) is 0.471. The standard InChI is InChI=1S/C17H26N2O2/c1-3-5-6-7-12-21-16-10-8-9-15(13-16)19-14-17(20)18-11-4-2/h4,8-10,13,19H,2-3,5-7,11-12,14H2,1H3,(H,18,20). The molecule has 0 aliphatic carbocycles. The van der Waals surface area contributed by atoms with Crippen LogP contribution in [0.4, 0.5) is 5.69 Å². The van der Waals surface area contributed by atoms with Gasteiger partial charge in [0, 0.05) is 18.3 Å². The highest BCUT2D eigenvalue weighted by Crippen LogP contribution is 2.17. The molecule has 4 heteroatoms. The molecule has 116 valence electrons. The molecule has 0 aromatic heterocycles. The molecule has 0 atom stereocenters. The van der Waals surface area contributed by atoms with Crippen LogP contribution in [0.25, 0.3) is 0 Å². The first kappa shape index (κ1) is 17.1. The second-order valence-corrected chi connectivity index (χ2v) is 4.88. The van der Waals surface area contributed by atoms with Crippen molar-refractivity contribution in [1.82, 2.24) is 5.32 Å². The molecule has 0 aliphatic rings. The molecule has 1 amide bonds. The van der Waals surface area contributed by atoms with Crippen LogP contribution in [0.15, 0.2) is 36.9 Å². The van der Waals surface area contributed by atoms with Crippen molar-refractivity contribution in [1.29, 1.82) is 0 Å². The molecule has 4 nitrogen and oxygen atoms in total. The number of carbonyl (C=O) groups excluding carboxylic acids is 1. The number of anilines is 1. The SMILES string of the molecule is C=CCNC(=O)CNc1cccc(OCCCCCC)c1. The van der Waals surface area contributed by atoms with Gasteiger partial charge in [0.25, 0.3) is 0 Å². The second-order valence-electron chi connectivity index (χ2n) is 4.88. The summed E-state index contributed by atoms with van der Waals surface area (Å²) in [5.41, 5.74) is 0.884. The van der Waals surface area contributed by atoms with Crippen LogP contribution in [0.1, 0.15) is 32.6 Å². The molecule has 0 radical (unpaired) electrons. The zero-order valence-corrected chi connectivity index (χ0v) is 12.9. The average Bonchev–Trinajstić information content (AvgIpc) is 2.51. The summed E-state index contributed by atoms with van der Waals surface area (Å²) >= 11 is 0. The first-order chi connectivity index (χ1) is 10.3. The molecule has 0 fully saturated rings. The Labute approximate surface area is 127 Å². The van der Waals surface area contributed by atoms with E-state index in [9.17, 15) is 4.79 Å². The smallest absolute Gasteiger partial charge is 0.239 e. The van der Waals surface area contributed by atoms with E-state index < -0.39 is 0 Å². The zero-order valence-electron chi connectivity index (χ0n) is 12.9. The maximum absolute atomic E-state index is 11.5. The molecule has 21 heavy (non-hydrogen) atoms. The van der Waals surface area contributed by atoms with E-state index in [0.717, 1.165) is 24.5 Å². The summed E-state index contributed by atoms with van der Waals surface area (Å²) in [4.78, 5) is 11.5. The van der Waals surface area contributed by atoms with E-state index in [1.165, 1.54) is 19.3 Å². The normalized spacial score (nSPS) is 9.95. The van der Waals surface area contributed by atoms with Crippen LogP contribution in [-0.2, 0) is 4.79 Å². The van der Waals surface area contributed by atoms with Crippen molar-refractivity contribution in [2.24, 2.45) is 0 Å². The molecule has 0 heterocycles. The molecule has 2 N–H and O–H groups in total. The number of unbranched alkanes of at least 4 members (excludes halogenated alkanes) is 3. The van der Waals surface area contributed by atoms with Crippen molar-refractivity contribution in [3.05, 3.63) is 36.9 Å². The maximum Gasteiger partial charge on any atom is 0.239 e. The summed E-state index contributed by atoms with van der Waals surface area (Å²) in [5, 5.41) is 5.80. The summed E-state index contributed by atoms with van der Waals surface area (Å²) in [6.45, 7) is 7.22. The third-order valence-electron chi connectivity index (χ3n) is 3.00. The van der Waals surface area contributed by atoms with E-state index >= 15 is 0 Å². The van der Waals surface area contributed by atoms with Crippen LogP contribution in [0, 0.1) is 0 Å². The van der Waals surface area contributed by atoms with Gasteiger partial charge in [-0.05, 0) is 18.6 Å². The molecule has 0 aliphatic heterocycles. The van der Waals surface area contributed by atoms with Gasteiger partial charge in [0.05, 0.1) is 13.2 Å². The average molecular weight is 290 g/mol. The highest BCUT2D eigenvalue weighted by atomic mass is 16.5. The van der Waals surface area contributed by atoms with E-state index in [-0.39, 0.29) is 12.5 Å². The fourth-order valence-electron chi connectivity index (χ4n) is 1.85. The maximum atomic E-state index is 11.5. The van der Waals surface area contributed by atoms with Crippen molar-refractivity contribution in [2.45, 2.75) is 32.6 Å². The third kappa shape index (κ3) is 8.02. The lowest BCUT2D eigenvalue weighted by atomic mass is 10.2. The molecule has 1 aromatic rings. The van der Waals surface area contributed by atoms with Gasteiger partial charge < -0.3 is 15.4 Å². The Kier molecular flexibility index (Phi) is 8.76. The Balaban J connectivity index is 2.31. The Morgan fingerprint density at radius 1 is 1.33 bits per heavy atom. The molecule has 0 bridgehead atoms. The van der Waals surface area contributed by atoms with E-state index in [4.69, 9.17) is 4.74 Å². The van der Waals surface area contributed by atoms with Gasteiger partial charge in [0.1, 0.15) is 5.75 Å². The minimum Gasteiger partial charge on any atom is -0.494 e. The minimum atomic E-state index is -0.0548. The Morgan fingerprint density at radius 3 is 2.95 bits per heavy atom. The summed E-state index contributed by atoms with van der Waals surface area (Å²) < 4.78 is 5.71. The van der Waals surface area contributed by atoms with Crippen LogP contribution in [0.2, 0.25) is 0 Å². The quantitative estimate of drug-likeness (QED) is 0.485. The third-order valence-corrected chi connectivity index (χ3v) is 3.00. The zero-order chi connectivity index (χ0) is 15.3. The van der Waals surface area contributed by atoms with Gasteiger partial charge in [0.15, 0.2) is 0 Å². The fourth-order valence-corrected chi connectivity index (χ4v) is 1.85. The number of carbonyl (C=O) groups is 1. The molecule has 1 rings (SSSR count). The van der Waals surface area contributed by atoms with Gasteiger partial charge in [-0.15, -0.1) is 6.58 Å². The van der Waals surface area contributed by atoms with E-state index in [1.807, 2.05) is 24.3 Å². The molecule has 0 unspecified atom stereocenters. The number of hydrogen-bond donors (Lipinski definition) is 2. The monoisotopic (exact) mass is 290 g/mol. The van der Waals surface area contributed by atoms with Crippen LogP contribution < -0.4 is 15.4 Å². The number of benzene rings is 1. The predicted molar refractivity (Wildman–Crippen MR) is 87.8 cm³/mol. The Hall–Kier alpha value is -1.97. The first-order valence-electron chi connectivity index (χ1n) is 7.60. The first-order valence-corrected chi connectivity index (χ1v) is 7.60. The van der Waals surface area contributed by atoms with Gasteiger partial charge in [-0.1, -0.05) is 38.3 Å². The Bertz CT molecular complexity index is 433. The molecular weight excluding hydrogens is 264 g/mol. The van der Waals surface area contributed by atoms with Gasteiger partial charge in [-0.2, -0.15) is 0 Å². The van der Waals surface area contributed by atoms with E-state index in [0.29, 0.717) is 6.54 Å². The second kappa shape index (κ2) is 10.8. The lowest BCUT2D eigenvalue weighted by Crippen LogP contribution is -2.29. The van der Waals surface area contributed by atoms with Crippen LogP contribution in [-0.4, -0.2) is 25.6 Å². The van der Waals surface area contributed by atoms with Crippen molar-refractivity contribution in [3.63, 3.8) is 0 Å². The Morgan fingerprint density at radius 2 is 2.19 bits per heavy atom. The van der Waals surface area contributed by atoms with Gasteiger partial charge in [-0.3, -0.25) is 4.79 Å². The van der Waals surface area contributed by atoms with Gasteiger partial charge in [0.2, 0.25) is 5.91 Å². The topological polar surface area (TPSA) is 50.4 Å². The van der Waals surface area contributed by atoms with Crippen LogP contribution in [0.5, 0.6) is 5.75 Å². The van der Waals surface area contributed by atoms with E-state index in [2.05, 4.69) is 24.1 Å². The van der Waals surface area contributed by atoms with Crippen molar-refractivity contribution in [2.75, 3.05) is 25.0 Å². The summed E-state index contributed by atoms with van der Waals surface area (Å²) in [5.74, 6) is 0.781. The molecule has 0 spiro atoms.